The van der Waals surface area contributed by atoms with Crippen LogP contribution in [0.3, 0.4) is 0 Å². The smallest absolute Gasteiger partial charge is 0.456 e. The zero-order chi connectivity index (χ0) is 12.7. The Morgan fingerprint density at radius 1 is 1.00 bits per heavy atom. The van der Waals surface area contributed by atoms with Gasteiger partial charge in [-0.2, -0.15) is 5.26 Å². The highest BCUT2D eigenvalue weighted by Crippen LogP contribution is 2.28. The van der Waals surface area contributed by atoms with Gasteiger partial charge in [0.2, 0.25) is 0 Å². The van der Waals surface area contributed by atoms with Crippen molar-refractivity contribution in [1.29, 1.82) is 5.26 Å². The molecule has 0 aliphatic rings. The molecule has 0 amide bonds. The highest BCUT2D eigenvalue weighted by molar-refractivity contribution is 6.58. The second-order valence-corrected chi connectivity index (χ2v) is 4.05. The van der Waals surface area contributed by atoms with Crippen molar-refractivity contribution >= 4 is 34.5 Å². The summed E-state index contributed by atoms with van der Waals surface area (Å²) >= 11 is 0. The summed E-state index contributed by atoms with van der Waals surface area (Å²) < 4.78 is 5.61. The molecule has 0 radical (unpaired) electrons. The molecule has 1 aromatic heterocycles. The maximum absolute atomic E-state index is 9.11. The van der Waals surface area contributed by atoms with Gasteiger partial charge in [-0.05, 0) is 29.7 Å². The van der Waals surface area contributed by atoms with E-state index in [1.54, 1.807) is 30.3 Å². The summed E-state index contributed by atoms with van der Waals surface area (Å²) in [5.41, 5.74) is 2.10. The van der Waals surface area contributed by atoms with Gasteiger partial charge in [0, 0.05) is 10.8 Å². The fourth-order valence-corrected chi connectivity index (χ4v) is 2.02. The van der Waals surface area contributed by atoms with Crippen LogP contribution in [0.5, 0.6) is 0 Å². The first kappa shape index (κ1) is 10.8. The minimum Gasteiger partial charge on any atom is -0.456 e. The first-order chi connectivity index (χ1) is 8.69. The van der Waals surface area contributed by atoms with Crippen molar-refractivity contribution < 1.29 is 14.5 Å². The third kappa shape index (κ3) is 1.56. The van der Waals surface area contributed by atoms with E-state index in [-0.39, 0.29) is 0 Å². The molecule has 18 heavy (non-hydrogen) atoms. The molecule has 0 fully saturated rings. The summed E-state index contributed by atoms with van der Waals surface area (Å²) in [6.45, 7) is 0. The van der Waals surface area contributed by atoms with Gasteiger partial charge in [-0.15, -0.1) is 0 Å². The maximum Gasteiger partial charge on any atom is 0.488 e. The van der Waals surface area contributed by atoms with Crippen molar-refractivity contribution in [2.24, 2.45) is 0 Å². The molecule has 2 aromatic carbocycles. The number of benzene rings is 2. The van der Waals surface area contributed by atoms with Crippen LogP contribution in [-0.2, 0) is 0 Å². The van der Waals surface area contributed by atoms with Gasteiger partial charge in [0.1, 0.15) is 11.2 Å². The van der Waals surface area contributed by atoms with Crippen molar-refractivity contribution in [2.45, 2.75) is 0 Å². The molecule has 0 unspecified atom stereocenters. The number of nitriles is 1. The predicted octanol–water partition coefficient (Wildman–Crippen LogP) is 1.14. The lowest BCUT2D eigenvalue weighted by Crippen LogP contribution is -2.29. The highest BCUT2D eigenvalue weighted by atomic mass is 16.4. The number of hydrogen-bond acceptors (Lipinski definition) is 4. The van der Waals surface area contributed by atoms with E-state index in [1.807, 2.05) is 6.07 Å². The Hall–Kier alpha value is -2.29. The van der Waals surface area contributed by atoms with Crippen LogP contribution in [0.2, 0.25) is 0 Å². The van der Waals surface area contributed by atoms with Gasteiger partial charge in [0.15, 0.2) is 0 Å². The Kier molecular flexibility index (Phi) is 2.34. The summed E-state index contributed by atoms with van der Waals surface area (Å²) in [7, 11) is -1.52. The van der Waals surface area contributed by atoms with Crippen LogP contribution in [-0.4, -0.2) is 17.2 Å². The molecule has 86 valence electrons. The largest absolute Gasteiger partial charge is 0.488 e. The minimum atomic E-state index is -1.52. The van der Waals surface area contributed by atoms with Crippen molar-refractivity contribution in [3.63, 3.8) is 0 Å². The van der Waals surface area contributed by atoms with Crippen LogP contribution >= 0.6 is 0 Å². The quantitative estimate of drug-likeness (QED) is 0.622. The van der Waals surface area contributed by atoms with Crippen LogP contribution in [0.4, 0.5) is 0 Å². The van der Waals surface area contributed by atoms with Crippen LogP contribution in [0.15, 0.2) is 40.8 Å². The fraction of sp³-hybridized carbons (Fsp3) is 0. The number of furan rings is 1. The van der Waals surface area contributed by atoms with Gasteiger partial charge >= 0.3 is 7.12 Å². The predicted molar refractivity (Wildman–Crippen MR) is 68.3 cm³/mol. The van der Waals surface area contributed by atoms with Crippen LogP contribution in [0, 0.1) is 11.3 Å². The molecule has 0 saturated carbocycles. The highest BCUT2D eigenvalue weighted by Gasteiger charge is 2.14. The van der Waals surface area contributed by atoms with E-state index < -0.39 is 7.12 Å². The van der Waals surface area contributed by atoms with E-state index >= 15 is 0 Å². The van der Waals surface area contributed by atoms with Crippen molar-refractivity contribution in [1.82, 2.24) is 0 Å². The van der Waals surface area contributed by atoms with Gasteiger partial charge in [-0.3, -0.25) is 0 Å². The van der Waals surface area contributed by atoms with Gasteiger partial charge in [-0.1, -0.05) is 12.1 Å². The van der Waals surface area contributed by atoms with Gasteiger partial charge < -0.3 is 14.5 Å². The first-order valence-corrected chi connectivity index (χ1v) is 5.41. The topological polar surface area (TPSA) is 77.4 Å². The molecule has 0 atom stereocenters. The Labute approximate surface area is 103 Å². The lowest BCUT2D eigenvalue weighted by Gasteiger charge is -1.97. The number of fused-ring (bicyclic) bond motifs is 3. The molecule has 0 aliphatic heterocycles. The summed E-state index contributed by atoms with van der Waals surface area (Å²) in [4.78, 5) is 0. The molecule has 5 heteroatoms. The number of rotatable bonds is 1. The van der Waals surface area contributed by atoms with Crippen LogP contribution in [0.1, 0.15) is 5.56 Å². The Bertz CT molecular complexity index is 786. The molecule has 1 heterocycles. The zero-order valence-electron chi connectivity index (χ0n) is 9.29. The van der Waals surface area contributed by atoms with Crippen molar-refractivity contribution in [3.8, 4) is 6.07 Å². The third-order valence-electron chi connectivity index (χ3n) is 2.92. The van der Waals surface area contributed by atoms with E-state index in [2.05, 4.69) is 6.07 Å². The standard InChI is InChI=1S/C13H8BNO3/c15-7-8-1-3-10-11-4-2-9(14(16)17)6-13(11)18-12(10)5-8/h1-6,16-17H. The first-order valence-electron chi connectivity index (χ1n) is 5.41. The van der Waals surface area contributed by atoms with Gasteiger partial charge in [-0.25, -0.2) is 0 Å². The van der Waals surface area contributed by atoms with E-state index in [4.69, 9.17) is 19.7 Å². The van der Waals surface area contributed by atoms with Gasteiger partial charge in [0.25, 0.3) is 0 Å². The summed E-state index contributed by atoms with van der Waals surface area (Å²) in [6, 6.07) is 12.3. The summed E-state index contributed by atoms with van der Waals surface area (Å²) in [5.74, 6) is 0. The van der Waals surface area contributed by atoms with Crippen LogP contribution in [0.25, 0.3) is 21.9 Å². The Morgan fingerprint density at radius 2 is 1.67 bits per heavy atom. The van der Waals surface area contributed by atoms with E-state index in [1.165, 1.54) is 0 Å². The maximum atomic E-state index is 9.11. The molecule has 2 N–H and O–H groups in total. The average Bonchev–Trinajstić information content (AvgIpc) is 2.74. The van der Waals surface area contributed by atoms with E-state index in [0.29, 0.717) is 22.2 Å². The normalized spacial score (nSPS) is 10.7. The lowest BCUT2D eigenvalue weighted by molar-refractivity contribution is 0.425. The molecule has 3 aromatic rings. The molecule has 0 bridgehead atoms. The van der Waals surface area contributed by atoms with E-state index in [0.717, 1.165) is 10.8 Å². The van der Waals surface area contributed by atoms with Gasteiger partial charge in [0.05, 0.1) is 11.6 Å². The van der Waals surface area contributed by atoms with Crippen molar-refractivity contribution in [3.05, 3.63) is 42.0 Å². The SMILES string of the molecule is N#Cc1ccc2c(c1)oc1cc(B(O)O)ccc12. The molecule has 4 nitrogen and oxygen atoms in total. The minimum absolute atomic E-state index is 0.377. The molecule has 3 rings (SSSR count). The molecule has 0 saturated heterocycles. The Balaban J connectivity index is 2.32. The third-order valence-corrected chi connectivity index (χ3v) is 2.92. The molecule has 0 spiro atoms. The monoisotopic (exact) mass is 237 g/mol. The summed E-state index contributed by atoms with van der Waals surface area (Å²) in [6.07, 6.45) is 0. The van der Waals surface area contributed by atoms with Crippen molar-refractivity contribution in [2.75, 3.05) is 0 Å². The number of hydrogen-bond donors (Lipinski definition) is 2. The average molecular weight is 237 g/mol. The zero-order valence-corrected chi connectivity index (χ0v) is 9.29. The summed E-state index contributed by atoms with van der Waals surface area (Å²) in [5, 5.41) is 28.8. The molecular formula is C13H8BNO3. The Morgan fingerprint density at radius 3 is 2.33 bits per heavy atom. The van der Waals surface area contributed by atoms with E-state index in [9.17, 15) is 0 Å². The second-order valence-electron chi connectivity index (χ2n) is 4.05. The second kappa shape index (κ2) is 3.88. The lowest BCUT2D eigenvalue weighted by atomic mass is 9.80. The molecule has 0 aliphatic carbocycles. The number of nitrogens with zero attached hydrogens (tertiary/aromatic N) is 1. The molecular weight excluding hydrogens is 229 g/mol. The van der Waals surface area contributed by atoms with Crippen LogP contribution < -0.4 is 5.46 Å². The fourth-order valence-electron chi connectivity index (χ4n) is 2.02.